The van der Waals surface area contributed by atoms with Crippen LogP contribution in [0.15, 0.2) is 65.8 Å². The van der Waals surface area contributed by atoms with Gasteiger partial charge >= 0.3 is 0 Å². The molecule has 0 radical (unpaired) electrons. The van der Waals surface area contributed by atoms with Gasteiger partial charge in [0.15, 0.2) is 0 Å². The number of aromatic nitrogens is 2. The molecule has 0 spiro atoms. The summed E-state index contributed by atoms with van der Waals surface area (Å²) in [5.41, 5.74) is 2.00. The smallest absolute Gasteiger partial charge is 0.293 e. The zero-order valence-corrected chi connectivity index (χ0v) is 18.1. The molecule has 1 aromatic heterocycles. The molecule has 1 N–H and O–H groups in total. The van der Waals surface area contributed by atoms with Gasteiger partial charge in [-0.3, -0.25) is 14.8 Å². The molecule has 0 saturated carbocycles. The van der Waals surface area contributed by atoms with Gasteiger partial charge in [0.2, 0.25) is 10.0 Å². The van der Waals surface area contributed by atoms with Gasteiger partial charge in [-0.05, 0) is 29.3 Å². The maximum absolute atomic E-state index is 12.8. The van der Waals surface area contributed by atoms with Crippen LogP contribution < -0.4 is 5.32 Å². The van der Waals surface area contributed by atoms with Gasteiger partial charge in [-0.25, -0.2) is 8.42 Å². The summed E-state index contributed by atoms with van der Waals surface area (Å²) in [6.07, 6.45) is 3.61. The second-order valence-corrected chi connectivity index (χ2v) is 9.26. The molecule has 0 atom stereocenters. The minimum atomic E-state index is -3.81. The van der Waals surface area contributed by atoms with Gasteiger partial charge in [0, 0.05) is 38.1 Å². The quantitative estimate of drug-likeness (QED) is 0.408. The van der Waals surface area contributed by atoms with Crippen LogP contribution in [0, 0.1) is 10.1 Å². The summed E-state index contributed by atoms with van der Waals surface area (Å²) in [7, 11) is -3.81. The molecule has 1 aliphatic rings. The van der Waals surface area contributed by atoms with Crippen molar-refractivity contribution in [1.29, 1.82) is 0 Å². The first-order valence-electron chi connectivity index (χ1n) is 10.1. The minimum absolute atomic E-state index is 0.0976. The van der Waals surface area contributed by atoms with E-state index in [9.17, 15) is 18.5 Å². The van der Waals surface area contributed by atoms with Gasteiger partial charge in [0.05, 0.1) is 29.6 Å². The molecule has 0 unspecified atom stereocenters. The van der Waals surface area contributed by atoms with Gasteiger partial charge in [0.1, 0.15) is 5.69 Å². The minimum Gasteiger partial charge on any atom is -0.379 e. The van der Waals surface area contributed by atoms with Crippen LogP contribution >= 0.6 is 0 Å². The zero-order chi connectivity index (χ0) is 22.6. The standard InChI is InChI=1S/C21H23N5O5S/c27-26(28)21-14-19(32(29,30)25-10-12-31-13-11-25)6-7-20(21)22-15-17-2-4-18(5-3-17)16-24-9-1-8-23-24/h1-9,14,22H,10-13,15-16H2. The molecule has 32 heavy (non-hydrogen) atoms. The number of hydrogen-bond acceptors (Lipinski definition) is 7. The van der Waals surface area contributed by atoms with E-state index in [4.69, 9.17) is 4.74 Å². The number of benzene rings is 2. The summed E-state index contributed by atoms with van der Waals surface area (Å²) < 4.78 is 33.9. The molecule has 3 aromatic rings. The number of ether oxygens (including phenoxy) is 1. The molecule has 11 heteroatoms. The van der Waals surface area contributed by atoms with E-state index >= 15 is 0 Å². The van der Waals surface area contributed by atoms with E-state index in [1.165, 1.54) is 16.4 Å². The van der Waals surface area contributed by atoms with Crippen LogP contribution in [-0.2, 0) is 27.8 Å². The predicted octanol–water partition coefficient (Wildman–Crippen LogP) is 2.47. The van der Waals surface area contributed by atoms with Crippen molar-refractivity contribution in [3.63, 3.8) is 0 Å². The number of nitro groups is 1. The Bertz CT molecular complexity index is 1170. The average Bonchev–Trinajstić information content (AvgIpc) is 3.32. The number of morpholine rings is 1. The van der Waals surface area contributed by atoms with E-state index in [1.807, 2.05) is 41.2 Å². The molecule has 1 fully saturated rings. The van der Waals surface area contributed by atoms with Crippen molar-refractivity contribution in [3.05, 3.63) is 82.2 Å². The lowest BCUT2D eigenvalue weighted by atomic mass is 10.1. The van der Waals surface area contributed by atoms with Gasteiger partial charge < -0.3 is 10.1 Å². The van der Waals surface area contributed by atoms with Crippen LogP contribution in [0.1, 0.15) is 11.1 Å². The Morgan fingerprint density at radius 1 is 1.09 bits per heavy atom. The van der Waals surface area contributed by atoms with E-state index in [1.54, 1.807) is 6.20 Å². The fraction of sp³-hybridized carbons (Fsp3) is 0.286. The van der Waals surface area contributed by atoms with Crippen molar-refractivity contribution < 1.29 is 18.1 Å². The monoisotopic (exact) mass is 457 g/mol. The first kappa shape index (κ1) is 21.9. The van der Waals surface area contributed by atoms with E-state index in [0.29, 0.717) is 26.3 Å². The van der Waals surface area contributed by atoms with Gasteiger partial charge in [0.25, 0.3) is 5.69 Å². The molecule has 1 saturated heterocycles. The highest BCUT2D eigenvalue weighted by Gasteiger charge is 2.28. The van der Waals surface area contributed by atoms with E-state index in [2.05, 4.69) is 10.4 Å². The van der Waals surface area contributed by atoms with Crippen LogP contribution in [0.4, 0.5) is 11.4 Å². The zero-order valence-electron chi connectivity index (χ0n) is 17.3. The molecule has 10 nitrogen and oxygen atoms in total. The summed E-state index contributed by atoms with van der Waals surface area (Å²) in [6.45, 7) is 2.09. The number of nitrogens with one attached hydrogen (secondary N) is 1. The maximum Gasteiger partial charge on any atom is 0.293 e. The Hall–Kier alpha value is -3.28. The van der Waals surface area contributed by atoms with E-state index < -0.39 is 14.9 Å². The molecule has 0 bridgehead atoms. The second-order valence-electron chi connectivity index (χ2n) is 7.33. The van der Waals surface area contributed by atoms with Crippen molar-refractivity contribution in [2.24, 2.45) is 0 Å². The predicted molar refractivity (Wildman–Crippen MR) is 118 cm³/mol. The third-order valence-corrected chi connectivity index (χ3v) is 7.08. The Labute approximate surface area is 185 Å². The molecule has 2 aromatic carbocycles. The summed E-state index contributed by atoms with van der Waals surface area (Å²) in [5, 5.41) is 18.8. The number of nitro benzene ring substituents is 1. The highest BCUT2D eigenvalue weighted by Crippen LogP contribution is 2.29. The van der Waals surface area contributed by atoms with Crippen LogP contribution in [-0.4, -0.2) is 53.7 Å². The number of nitrogens with zero attached hydrogens (tertiary/aromatic N) is 4. The number of hydrogen-bond donors (Lipinski definition) is 1. The molecule has 0 amide bonds. The fourth-order valence-electron chi connectivity index (χ4n) is 3.45. The molecule has 0 aliphatic carbocycles. The second kappa shape index (κ2) is 9.47. The largest absolute Gasteiger partial charge is 0.379 e. The average molecular weight is 458 g/mol. The Morgan fingerprint density at radius 2 is 1.81 bits per heavy atom. The maximum atomic E-state index is 12.8. The lowest BCUT2D eigenvalue weighted by Gasteiger charge is -2.26. The van der Waals surface area contributed by atoms with Crippen LogP contribution in [0.3, 0.4) is 0 Å². The first-order valence-corrected chi connectivity index (χ1v) is 11.5. The van der Waals surface area contributed by atoms with Crippen molar-refractivity contribution >= 4 is 21.4 Å². The van der Waals surface area contributed by atoms with Crippen molar-refractivity contribution in [3.8, 4) is 0 Å². The Morgan fingerprint density at radius 3 is 2.47 bits per heavy atom. The lowest BCUT2D eigenvalue weighted by Crippen LogP contribution is -2.40. The van der Waals surface area contributed by atoms with Gasteiger partial charge in [-0.1, -0.05) is 24.3 Å². The Balaban J connectivity index is 1.47. The topological polar surface area (TPSA) is 120 Å². The van der Waals surface area contributed by atoms with Crippen molar-refractivity contribution in [1.82, 2.24) is 14.1 Å². The highest BCUT2D eigenvalue weighted by atomic mass is 32.2. The van der Waals surface area contributed by atoms with Crippen LogP contribution in [0.5, 0.6) is 0 Å². The normalized spacial score (nSPS) is 14.9. The lowest BCUT2D eigenvalue weighted by molar-refractivity contribution is -0.384. The molecule has 2 heterocycles. The molecule has 168 valence electrons. The van der Waals surface area contributed by atoms with Gasteiger partial charge in [-0.15, -0.1) is 0 Å². The molecule has 4 rings (SSSR count). The third-order valence-electron chi connectivity index (χ3n) is 5.18. The Kier molecular flexibility index (Phi) is 6.49. The van der Waals surface area contributed by atoms with E-state index in [-0.39, 0.29) is 29.4 Å². The molecular formula is C21H23N5O5S. The number of rotatable bonds is 8. The van der Waals surface area contributed by atoms with Crippen LogP contribution in [0.25, 0.3) is 0 Å². The van der Waals surface area contributed by atoms with Gasteiger partial charge in [-0.2, -0.15) is 9.40 Å². The molecular weight excluding hydrogens is 434 g/mol. The van der Waals surface area contributed by atoms with Crippen molar-refractivity contribution in [2.45, 2.75) is 18.0 Å². The summed E-state index contributed by atoms with van der Waals surface area (Å²) in [5.74, 6) is 0. The highest BCUT2D eigenvalue weighted by molar-refractivity contribution is 7.89. The SMILES string of the molecule is O=[N+]([O-])c1cc(S(=O)(=O)N2CCOCC2)ccc1NCc1ccc(Cn2cccn2)cc1. The van der Waals surface area contributed by atoms with Crippen LogP contribution in [0.2, 0.25) is 0 Å². The fourth-order valence-corrected chi connectivity index (χ4v) is 4.88. The molecule has 1 aliphatic heterocycles. The summed E-state index contributed by atoms with van der Waals surface area (Å²) in [4.78, 5) is 10.9. The summed E-state index contributed by atoms with van der Waals surface area (Å²) >= 11 is 0. The van der Waals surface area contributed by atoms with Crippen molar-refractivity contribution in [2.75, 3.05) is 31.6 Å². The first-order chi connectivity index (χ1) is 15.4. The summed E-state index contributed by atoms with van der Waals surface area (Å²) in [6, 6.07) is 13.6. The van der Waals surface area contributed by atoms with E-state index in [0.717, 1.165) is 17.2 Å². The number of anilines is 1. The number of sulfonamides is 1. The third kappa shape index (κ3) is 4.96.